The van der Waals surface area contributed by atoms with Crippen molar-refractivity contribution in [2.24, 2.45) is 0 Å². The summed E-state index contributed by atoms with van der Waals surface area (Å²) in [7, 11) is -0.585. The first-order chi connectivity index (χ1) is 7.24. The van der Waals surface area contributed by atoms with Gasteiger partial charge in [0.15, 0.2) is 15.6 Å². The molecule has 0 spiro atoms. The number of hydrogen-bond acceptors (Lipinski definition) is 3. The fraction of sp³-hybridized carbons (Fsp3) is 0.818. The number of aryl methyl sites for hydroxylation is 1. The molecule has 0 aliphatic carbocycles. The number of rotatable bonds is 4. The maximum atomic E-state index is 6.04. The molecule has 0 radical (unpaired) electrons. The summed E-state index contributed by atoms with van der Waals surface area (Å²) in [6.07, 6.45) is 1.76. The predicted octanol–water partition coefficient (Wildman–Crippen LogP) is 1.85. The number of nitrogens with zero attached hydrogens (tertiary/aromatic N) is 3. The molecule has 1 aromatic rings. The van der Waals surface area contributed by atoms with Crippen molar-refractivity contribution < 1.29 is 4.43 Å². The number of aromatic nitrogens is 3. The predicted molar refractivity (Wildman–Crippen MR) is 68.1 cm³/mol. The van der Waals surface area contributed by atoms with Crippen LogP contribution >= 0.6 is 0 Å². The average molecular weight is 241 g/mol. The molecule has 0 unspecified atom stereocenters. The van der Waals surface area contributed by atoms with Crippen LogP contribution in [0.15, 0.2) is 6.33 Å². The van der Waals surface area contributed by atoms with Crippen LogP contribution in [0.2, 0.25) is 5.04 Å². The van der Waals surface area contributed by atoms with E-state index in [1.54, 1.807) is 6.33 Å². The zero-order chi connectivity index (χ0) is 12.4. The quantitative estimate of drug-likeness (QED) is 0.755. The van der Waals surface area contributed by atoms with Gasteiger partial charge in [0.05, 0.1) is 0 Å². The van der Waals surface area contributed by atoms with E-state index in [1.807, 2.05) is 18.5 Å². The first kappa shape index (κ1) is 13.4. The lowest BCUT2D eigenvalue weighted by Gasteiger charge is -2.27. The van der Waals surface area contributed by atoms with Gasteiger partial charge in [-0.15, -0.1) is 0 Å². The van der Waals surface area contributed by atoms with Crippen molar-refractivity contribution in [3.8, 4) is 0 Å². The van der Waals surface area contributed by atoms with Gasteiger partial charge in [0, 0.05) is 6.54 Å². The third kappa shape index (κ3) is 3.72. The topological polar surface area (TPSA) is 39.9 Å². The van der Waals surface area contributed by atoms with Gasteiger partial charge < -0.3 is 4.43 Å². The Kier molecular flexibility index (Phi) is 3.91. The minimum Gasteiger partial charge on any atom is -0.411 e. The van der Waals surface area contributed by atoms with Crippen LogP contribution in [0.4, 0.5) is 0 Å². The van der Waals surface area contributed by atoms with Gasteiger partial charge in [-0.25, -0.2) is 4.98 Å². The van der Waals surface area contributed by atoms with E-state index >= 15 is 0 Å². The lowest BCUT2D eigenvalue weighted by Crippen LogP contribution is -2.29. The largest absolute Gasteiger partial charge is 0.411 e. The molecule has 0 N–H and O–H groups in total. The molecule has 92 valence electrons. The Morgan fingerprint density at radius 2 is 1.94 bits per heavy atom. The monoisotopic (exact) mass is 241 g/mol. The molecule has 0 fully saturated rings. The first-order valence-electron chi connectivity index (χ1n) is 5.78. The van der Waals surface area contributed by atoms with Crippen LogP contribution in [0.5, 0.6) is 0 Å². The lowest BCUT2D eigenvalue weighted by molar-refractivity contribution is 0.0987. The summed E-state index contributed by atoms with van der Waals surface area (Å²) in [5, 5.41) is 4.70. The molecule has 0 aliphatic heterocycles. The normalized spacial score (nSPS) is 13.9. The van der Waals surface area contributed by atoms with Crippen molar-refractivity contribution in [1.82, 2.24) is 14.8 Å². The third-order valence-corrected chi connectivity index (χ3v) is 4.00. The molecule has 0 saturated heterocycles. The summed E-state index contributed by atoms with van der Waals surface area (Å²) < 4.78 is 7.87. The molecule has 1 heterocycles. The standard InChI is InChI=1S/C11H23N3OSi/c1-7-14-8-12-9(13-14)11(5,6)15-16-10(2,3)4/h8H,7,16H2,1-6H3. The van der Waals surface area contributed by atoms with Gasteiger partial charge in [-0.05, 0) is 25.8 Å². The van der Waals surface area contributed by atoms with Crippen LogP contribution in [0.1, 0.15) is 47.4 Å². The Bertz CT molecular complexity index is 341. The molecule has 0 saturated carbocycles. The van der Waals surface area contributed by atoms with Crippen LogP contribution < -0.4 is 0 Å². The van der Waals surface area contributed by atoms with Gasteiger partial charge in [-0.2, -0.15) is 5.10 Å². The Hall–Kier alpha value is -0.683. The molecular formula is C11H23N3OSi. The van der Waals surface area contributed by atoms with Crippen LogP contribution in [0.25, 0.3) is 0 Å². The van der Waals surface area contributed by atoms with Crippen molar-refractivity contribution in [3.05, 3.63) is 12.2 Å². The summed E-state index contributed by atoms with van der Waals surface area (Å²) in [5.74, 6) is 0.783. The maximum absolute atomic E-state index is 6.04. The third-order valence-electron chi connectivity index (χ3n) is 2.26. The molecule has 1 aromatic heterocycles. The van der Waals surface area contributed by atoms with Crippen molar-refractivity contribution in [1.29, 1.82) is 0 Å². The van der Waals surface area contributed by atoms with Gasteiger partial charge in [-0.1, -0.05) is 20.8 Å². The van der Waals surface area contributed by atoms with Crippen molar-refractivity contribution in [3.63, 3.8) is 0 Å². The van der Waals surface area contributed by atoms with E-state index in [0.717, 1.165) is 12.4 Å². The van der Waals surface area contributed by atoms with Gasteiger partial charge in [0.25, 0.3) is 0 Å². The van der Waals surface area contributed by atoms with Crippen molar-refractivity contribution in [2.75, 3.05) is 0 Å². The second kappa shape index (κ2) is 4.67. The van der Waals surface area contributed by atoms with Gasteiger partial charge in [-0.3, -0.25) is 4.68 Å². The van der Waals surface area contributed by atoms with Crippen LogP contribution in [0.3, 0.4) is 0 Å². The first-order valence-corrected chi connectivity index (χ1v) is 7.07. The molecule has 0 atom stereocenters. The summed E-state index contributed by atoms with van der Waals surface area (Å²) in [6.45, 7) is 13.6. The molecule has 0 aromatic carbocycles. The molecule has 5 heteroatoms. The van der Waals surface area contributed by atoms with E-state index in [4.69, 9.17) is 4.43 Å². The fourth-order valence-electron chi connectivity index (χ4n) is 1.18. The van der Waals surface area contributed by atoms with E-state index in [-0.39, 0.29) is 5.60 Å². The Labute approximate surface area is 100 Å². The van der Waals surface area contributed by atoms with Crippen molar-refractivity contribution in [2.45, 2.75) is 58.7 Å². The van der Waals surface area contributed by atoms with E-state index in [0.29, 0.717) is 5.04 Å². The van der Waals surface area contributed by atoms with Gasteiger partial charge in [0.1, 0.15) is 11.9 Å². The second-order valence-corrected chi connectivity index (χ2v) is 8.48. The molecular weight excluding hydrogens is 218 g/mol. The van der Waals surface area contributed by atoms with Gasteiger partial charge >= 0.3 is 0 Å². The van der Waals surface area contributed by atoms with E-state index in [1.165, 1.54) is 0 Å². The lowest BCUT2D eigenvalue weighted by atomic mass is 10.1. The maximum Gasteiger partial charge on any atom is 0.180 e. The van der Waals surface area contributed by atoms with E-state index in [9.17, 15) is 0 Å². The Balaban J connectivity index is 2.69. The highest BCUT2D eigenvalue weighted by Gasteiger charge is 2.28. The summed E-state index contributed by atoms with van der Waals surface area (Å²) in [5.41, 5.74) is -0.361. The summed E-state index contributed by atoms with van der Waals surface area (Å²) >= 11 is 0. The van der Waals surface area contributed by atoms with Crippen molar-refractivity contribution >= 4 is 9.76 Å². The van der Waals surface area contributed by atoms with Gasteiger partial charge in [0.2, 0.25) is 0 Å². The van der Waals surface area contributed by atoms with E-state index in [2.05, 4.69) is 37.8 Å². The smallest absolute Gasteiger partial charge is 0.180 e. The highest BCUT2D eigenvalue weighted by Crippen LogP contribution is 2.27. The minimum atomic E-state index is -0.585. The summed E-state index contributed by atoms with van der Waals surface area (Å²) in [4.78, 5) is 4.31. The van der Waals surface area contributed by atoms with E-state index < -0.39 is 9.76 Å². The minimum absolute atomic E-state index is 0.296. The number of hydrogen-bond donors (Lipinski definition) is 0. The molecule has 16 heavy (non-hydrogen) atoms. The Morgan fingerprint density at radius 3 is 2.38 bits per heavy atom. The summed E-state index contributed by atoms with van der Waals surface area (Å²) in [6, 6.07) is 0. The molecule has 0 bridgehead atoms. The fourth-order valence-corrected chi connectivity index (χ4v) is 2.11. The molecule has 1 rings (SSSR count). The van der Waals surface area contributed by atoms with Crippen LogP contribution in [-0.4, -0.2) is 24.5 Å². The molecule has 4 nitrogen and oxygen atoms in total. The highest BCUT2D eigenvalue weighted by molar-refractivity contribution is 6.31. The zero-order valence-corrected chi connectivity index (χ0v) is 12.7. The average Bonchev–Trinajstić information content (AvgIpc) is 2.62. The molecule has 0 aliphatic rings. The van der Waals surface area contributed by atoms with Crippen LogP contribution in [0, 0.1) is 0 Å². The Morgan fingerprint density at radius 1 is 1.31 bits per heavy atom. The highest BCUT2D eigenvalue weighted by atomic mass is 28.2. The second-order valence-electron chi connectivity index (χ2n) is 5.78. The molecule has 0 amide bonds. The zero-order valence-electron chi connectivity index (χ0n) is 11.2. The van der Waals surface area contributed by atoms with Crippen LogP contribution in [-0.2, 0) is 16.6 Å². The SMILES string of the molecule is CCn1cnc(C(C)(C)O[SiH2]C(C)(C)C)n1.